The summed E-state index contributed by atoms with van der Waals surface area (Å²) in [6.07, 6.45) is -2.40. The van der Waals surface area contributed by atoms with E-state index in [2.05, 4.69) is 15.3 Å². The minimum atomic E-state index is -4.47. The molecule has 1 N–H and O–H groups in total. The first-order valence-corrected chi connectivity index (χ1v) is 8.84. The zero-order valence-electron chi connectivity index (χ0n) is 14.4. The molecule has 0 atom stereocenters. The minimum Gasteiger partial charge on any atom is -0.320 e. The monoisotopic (exact) mass is 406 g/mol. The van der Waals surface area contributed by atoms with Crippen LogP contribution < -0.4 is 5.32 Å². The van der Waals surface area contributed by atoms with E-state index in [4.69, 9.17) is 11.6 Å². The van der Waals surface area contributed by atoms with E-state index in [-0.39, 0.29) is 5.69 Å². The van der Waals surface area contributed by atoms with Gasteiger partial charge in [0.2, 0.25) is 0 Å². The Bertz CT molecular complexity index is 1070. The van der Waals surface area contributed by atoms with Crippen molar-refractivity contribution in [1.29, 1.82) is 0 Å². The molecule has 3 aromatic rings. The van der Waals surface area contributed by atoms with Gasteiger partial charge < -0.3 is 10.2 Å². The zero-order valence-corrected chi connectivity index (χ0v) is 15.2. The van der Waals surface area contributed by atoms with E-state index in [0.717, 1.165) is 28.8 Å². The van der Waals surface area contributed by atoms with Crippen molar-refractivity contribution in [3.05, 3.63) is 64.4 Å². The lowest BCUT2D eigenvalue weighted by Gasteiger charge is -2.28. The first-order chi connectivity index (χ1) is 13.3. The fourth-order valence-electron chi connectivity index (χ4n) is 3.15. The molecule has 0 saturated carbocycles. The highest BCUT2D eigenvalue weighted by molar-refractivity contribution is 6.31. The average Bonchev–Trinajstić information content (AvgIpc) is 2.65. The summed E-state index contributed by atoms with van der Waals surface area (Å²) in [7, 11) is 0. The molecular formula is C19H14ClF3N4O. The first kappa shape index (κ1) is 18.5. The largest absolute Gasteiger partial charge is 0.416 e. The van der Waals surface area contributed by atoms with Crippen molar-refractivity contribution < 1.29 is 18.0 Å². The quantitative estimate of drug-likeness (QED) is 0.625. The summed E-state index contributed by atoms with van der Waals surface area (Å²) in [6, 6.07) is 7.74. The van der Waals surface area contributed by atoms with Crippen LogP contribution in [0.2, 0.25) is 5.02 Å². The van der Waals surface area contributed by atoms with Crippen LogP contribution in [0.5, 0.6) is 0 Å². The second kappa shape index (κ2) is 6.94. The van der Waals surface area contributed by atoms with Gasteiger partial charge in [0.25, 0.3) is 0 Å². The van der Waals surface area contributed by atoms with E-state index < -0.39 is 17.8 Å². The summed E-state index contributed by atoms with van der Waals surface area (Å²) in [4.78, 5) is 22.8. The van der Waals surface area contributed by atoms with E-state index in [9.17, 15) is 18.0 Å². The molecule has 1 aromatic carbocycles. The van der Waals surface area contributed by atoms with Crippen LogP contribution in [0.4, 0.5) is 23.7 Å². The van der Waals surface area contributed by atoms with E-state index in [0.29, 0.717) is 30.2 Å². The van der Waals surface area contributed by atoms with Crippen molar-refractivity contribution in [3.63, 3.8) is 0 Å². The maximum absolute atomic E-state index is 12.8. The molecular weight excluding hydrogens is 393 g/mol. The molecule has 1 aliphatic rings. The number of pyridine rings is 2. The molecule has 3 heterocycles. The third kappa shape index (κ3) is 3.73. The molecule has 2 amide bonds. The van der Waals surface area contributed by atoms with Gasteiger partial charge in [0.1, 0.15) is 0 Å². The summed E-state index contributed by atoms with van der Waals surface area (Å²) in [5, 5.41) is 3.79. The number of aromatic nitrogens is 2. The standard InChI is InChI=1S/C19H14ClF3N4O/c20-14-7-11-6-12-10-27(5-4-16(12)26-17(11)24-9-14)18(28)25-15-3-1-2-13(8-15)19(21,22)23/h1-3,6-9H,4-5,10H2,(H,25,28). The van der Waals surface area contributed by atoms with Crippen LogP contribution in [-0.2, 0) is 19.1 Å². The smallest absolute Gasteiger partial charge is 0.320 e. The average molecular weight is 407 g/mol. The van der Waals surface area contributed by atoms with Crippen LogP contribution in [0.3, 0.4) is 0 Å². The number of hydrogen-bond donors (Lipinski definition) is 1. The molecule has 0 aliphatic carbocycles. The summed E-state index contributed by atoms with van der Waals surface area (Å²) < 4.78 is 38.5. The summed E-state index contributed by atoms with van der Waals surface area (Å²) >= 11 is 5.97. The second-order valence-electron chi connectivity index (χ2n) is 6.47. The van der Waals surface area contributed by atoms with Gasteiger partial charge >= 0.3 is 12.2 Å². The van der Waals surface area contributed by atoms with Crippen molar-refractivity contribution in [2.45, 2.75) is 19.1 Å². The lowest BCUT2D eigenvalue weighted by atomic mass is 10.0. The number of rotatable bonds is 1. The van der Waals surface area contributed by atoms with Gasteiger partial charge in [0, 0.05) is 42.5 Å². The molecule has 2 aromatic heterocycles. The van der Waals surface area contributed by atoms with Crippen molar-refractivity contribution in [2.24, 2.45) is 0 Å². The summed E-state index contributed by atoms with van der Waals surface area (Å²) in [5.41, 5.74) is 1.59. The van der Waals surface area contributed by atoms with Crippen LogP contribution in [0.25, 0.3) is 11.0 Å². The topological polar surface area (TPSA) is 58.1 Å². The van der Waals surface area contributed by atoms with Gasteiger partial charge in [0.05, 0.1) is 10.6 Å². The van der Waals surface area contributed by atoms with Crippen molar-refractivity contribution in [3.8, 4) is 0 Å². The van der Waals surface area contributed by atoms with E-state index in [1.807, 2.05) is 6.07 Å². The number of nitrogens with one attached hydrogen (secondary N) is 1. The number of nitrogens with zero attached hydrogens (tertiary/aromatic N) is 3. The van der Waals surface area contributed by atoms with Crippen LogP contribution in [0, 0.1) is 0 Å². The highest BCUT2D eigenvalue weighted by atomic mass is 35.5. The normalized spacial score (nSPS) is 14.1. The lowest BCUT2D eigenvalue weighted by Crippen LogP contribution is -2.39. The number of carbonyl (C=O) groups excluding carboxylic acids is 1. The van der Waals surface area contributed by atoms with Gasteiger partial charge in [0.15, 0.2) is 5.65 Å². The maximum Gasteiger partial charge on any atom is 0.416 e. The number of fused-ring (bicyclic) bond motifs is 2. The molecule has 0 unspecified atom stereocenters. The number of halogens is 4. The first-order valence-electron chi connectivity index (χ1n) is 8.47. The van der Waals surface area contributed by atoms with Crippen molar-refractivity contribution in [2.75, 3.05) is 11.9 Å². The molecule has 0 radical (unpaired) electrons. The van der Waals surface area contributed by atoms with Crippen molar-refractivity contribution >= 4 is 34.4 Å². The Morgan fingerprint density at radius 2 is 2.04 bits per heavy atom. The SMILES string of the molecule is O=C(Nc1cccc(C(F)(F)F)c1)N1CCc2nc3ncc(Cl)cc3cc2C1. The Morgan fingerprint density at radius 3 is 2.82 bits per heavy atom. The second-order valence-corrected chi connectivity index (χ2v) is 6.91. The number of benzene rings is 1. The highest BCUT2D eigenvalue weighted by Gasteiger charge is 2.30. The molecule has 0 saturated heterocycles. The van der Waals surface area contributed by atoms with Crippen LogP contribution in [0.15, 0.2) is 42.6 Å². The summed E-state index contributed by atoms with van der Waals surface area (Å²) in [6.45, 7) is 0.708. The minimum absolute atomic E-state index is 0.0956. The molecule has 144 valence electrons. The number of hydrogen-bond acceptors (Lipinski definition) is 3. The van der Waals surface area contributed by atoms with Gasteiger partial charge in [-0.1, -0.05) is 17.7 Å². The maximum atomic E-state index is 12.8. The Morgan fingerprint density at radius 1 is 1.21 bits per heavy atom. The van der Waals surface area contributed by atoms with Crippen LogP contribution in [-0.4, -0.2) is 27.4 Å². The fourth-order valence-corrected chi connectivity index (χ4v) is 3.31. The molecule has 1 aliphatic heterocycles. The Hall–Kier alpha value is -2.87. The van der Waals surface area contributed by atoms with Gasteiger partial charge in [-0.25, -0.2) is 14.8 Å². The number of amides is 2. The number of alkyl halides is 3. The Labute approximate surface area is 163 Å². The van der Waals surface area contributed by atoms with E-state index >= 15 is 0 Å². The zero-order chi connectivity index (χ0) is 19.9. The lowest BCUT2D eigenvalue weighted by molar-refractivity contribution is -0.137. The Kier molecular flexibility index (Phi) is 4.58. The van der Waals surface area contributed by atoms with Crippen molar-refractivity contribution in [1.82, 2.24) is 14.9 Å². The number of carbonyl (C=O) groups is 1. The molecule has 5 nitrogen and oxygen atoms in total. The predicted molar refractivity (Wildman–Crippen MR) is 99.1 cm³/mol. The Balaban J connectivity index is 1.53. The number of urea groups is 1. The van der Waals surface area contributed by atoms with Crippen LogP contribution >= 0.6 is 11.6 Å². The molecule has 0 spiro atoms. The van der Waals surface area contributed by atoms with Gasteiger partial charge in [-0.15, -0.1) is 0 Å². The van der Waals surface area contributed by atoms with Crippen LogP contribution in [0.1, 0.15) is 16.8 Å². The van der Waals surface area contributed by atoms with E-state index in [1.54, 1.807) is 6.07 Å². The van der Waals surface area contributed by atoms with Gasteiger partial charge in [-0.2, -0.15) is 13.2 Å². The predicted octanol–water partition coefficient (Wildman–Crippen LogP) is 4.89. The molecule has 0 fully saturated rings. The fraction of sp³-hybridized carbons (Fsp3) is 0.211. The number of anilines is 1. The van der Waals surface area contributed by atoms with E-state index in [1.165, 1.54) is 23.2 Å². The highest BCUT2D eigenvalue weighted by Crippen LogP contribution is 2.31. The molecule has 9 heteroatoms. The van der Waals surface area contributed by atoms with Gasteiger partial charge in [-0.3, -0.25) is 0 Å². The van der Waals surface area contributed by atoms with Gasteiger partial charge in [-0.05, 0) is 35.9 Å². The molecule has 0 bridgehead atoms. The molecule has 4 rings (SSSR count). The third-order valence-corrected chi connectivity index (χ3v) is 4.72. The summed E-state index contributed by atoms with van der Waals surface area (Å²) in [5.74, 6) is 0. The third-order valence-electron chi connectivity index (χ3n) is 4.51. The molecule has 28 heavy (non-hydrogen) atoms.